The number of carbonyl (C=O) groups excluding carboxylic acids is 1. The lowest BCUT2D eigenvalue weighted by molar-refractivity contribution is -0.127. The van der Waals surface area contributed by atoms with Gasteiger partial charge in [-0.25, -0.2) is 4.99 Å². The molecule has 0 atom stereocenters. The van der Waals surface area contributed by atoms with Gasteiger partial charge in [-0.05, 0) is 11.8 Å². The molecule has 1 heterocycles. The molecule has 8 heteroatoms. The number of aliphatic imine (C=N–C) groups is 1. The molecule has 1 amide bonds. The lowest BCUT2D eigenvalue weighted by Gasteiger charge is -2.28. The van der Waals surface area contributed by atoms with Gasteiger partial charge in [0, 0.05) is 60.5 Å². The SMILES string of the molecule is COCCC(C)(C)CNC(=NCC(=O)N(C)C)NCCN1CCOCC1. The summed E-state index contributed by atoms with van der Waals surface area (Å²) in [7, 11) is 5.20. The monoisotopic (exact) mass is 371 g/mol. The van der Waals surface area contributed by atoms with E-state index < -0.39 is 0 Å². The van der Waals surface area contributed by atoms with Crippen LogP contribution in [0.5, 0.6) is 0 Å². The van der Waals surface area contributed by atoms with Gasteiger partial charge in [-0.15, -0.1) is 0 Å². The van der Waals surface area contributed by atoms with Gasteiger partial charge >= 0.3 is 0 Å². The topological polar surface area (TPSA) is 78.4 Å². The van der Waals surface area contributed by atoms with E-state index in [0.717, 1.165) is 59.0 Å². The van der Waals surface area contributed by atoms with Crippen molar-refractivity contribution in [3.8, 4) is 0 Å². The predicted octanol–water partition coefficient (Wildman–Crippen LogP) is 0.00470. The van der Waals surface area contributed by atoms with Crippen LogP contribution in [0, 0.1) is 5.41 Å². The molecule has 0 aromatic carbocycles. The molecule has 1 aliphatic rings. The first-order valence-corrected chi connectivity index (χ1v) is 9.35. The highest BCUT2D eigenvalue weighted by Crippen LogP contribution is 2.18. The number of amides is 1. The number of carbonyl (C=O) groups is 1. The Hall–Kier alpha value is -1.38. The minimum absolute atomic E-state index is 0.0158. The molecule has 2 N–H and O–H groups in total. The number of ether oxygens (including phenoxy) is 2. The Morgan fingerprint density at radius 3 is 2.58 bits per heavy atom. The van der Waals surface area contributed by atoms with E-state index in [1.807, 2.05) is 0 Å². The maximum Gasteiger partial charge on any atom is 0.243 e. The molecule has 0 aliphatic carbocycles. The second-order valence-corrected chi connectivity index (χ2v) is 7.59. The highest BCUT2D eigenvalue weighted by molar-refractivity contribution is 5.84. The van der Waals surface area contributed by atoms with Crippen LogP contribution in [0.4, 0.5) is 0 Å². The number of methoxy groups -OCH3 is 1. The van der Waals surface area contributed by atoms with Crippen molar-refractivity contribution in [1.29, 1.82) is 0 Å². The molecule has 0 radical (unpaired) electrons. The molecule has 0 unspecified atom stereocenters. The highest BCUT2D eigenvalue weighted by atomic mass is 16.5. The number of likely N-dealkylation sites (N-methyl/N-ethyl adjacent to an activating group) is 1. The molecule has 1 aliphatic heterocycles. The van der Waals surface area contributed by atoms with E-state index in [2.05, 4.69) is 34.4 Å². The third-order valence-electron chi connectivity index (χ3n) is 4.41. The first-order valence-electron chi connectivity index (χ1n) is 9.35. The van der Waals surface area contributed by atoms with Gasteiger partial charge in [-0.3, -0.25) is 9.69 Å². The zero-order valence-corrected chi connectivity index (χ0v) is 17.1. The Labute approximate surface area is 158 Å². The summed E-state index contributed by atoms with van der Waals surface area (Å²) in [4.78, 5) is 20.2. The summed E-state index contributed by atoms with van der Waals surface area (Å²) >= 11 is 0. The number of hydrogen-bond acceptors (Lipinski definition) is 5. The third-order valence-corrected chi connectivity index (χ3v) is 4.41. The van der Waals surface area contributed by atoms with Crippen molar-refractivity contribution >= 4 is 11.9 Å². The maximum absolute atomic E-state index is 11.8. The lowest BCUT2D eigenvalue weighted by atomic mass is 9.90. The summed E-state index contributed by atoms with van der Waals surface area (Å²) in [5.74, 6) is 0.664. The molecule has 0 aromatic heterocycles. The molecular formula is C18H37N5O3. The Balaban J connectivity index is 2.51. The van der Waals surface area contributed by atoms with Crippen molar-refractivity contribution in [2.45, 2.75) is 20.3 Å². The van der Waals surface area contributed by atoms with Crippen molar-refractivity contribution in [3.05, 3.63) is 0 Å². The number of morpholine rings is 1. The Morgan fingerprint density at radius 1 is 1.27 bits per heavy atom. The molecule has 1 fully saturated rings. The van der Waals surface area contributed by atoms with Gasteiger partial charge in [0.1, 0.15) is 6.54 Å². The van der Waals surface area contributed by atoms with E-state index in [0.29, 0.717) is 5.96 Å². The van der Waals surface area contributed by atoms with Crippen LogP contribution in [0.15, 0.2) is 4.99 Å². The van der Waals surface area contributed by atoms with Gasteiger partial charge < -0.3 is 25.0 Å². The van der Waals surface area contributed by atoms with Gasteiger partial charge in [0.25, 0.3) is 0 Å². The largest absolute Gasteiger partial charge is 0.385 e. The minimum atomic E-state index is -0.0158. The van der Waals surface area contributed by atoms with E-state index in [1.165, 1.54) is 0 Å². The van der Waals surface area contributed by atoms with Crippen LogP contribution in [-0.2, 0) is 14.3 Å². The zero-order chi connectivity index (χ0) is 19.4. The van der Waals surface area contributed by atoms with Crippen molar-refractivity contribution in [1.82, 2.24) is 20.4 Å². The standard InChI is InChI=1S/C18H37N5O3/c1-18(2,6-11-25-5)15-21-17(20-14-16(24)22(3)4)19-7-8-23-9-12-26-13-10-23/h6-15H2,1-5H3,(H2,19,20,21). The molecule has 152 valence electrons. The molecule has 8 nitrogen and oxygen atoms in total. The summed E-state index contributed by atoms with van der Waals surface area (Å²) in [6.45, 7) is 11.2. The average molecular weight is 372 g/mol. The number of guanidine groups is 1. The van der Waals surface area contributed by atoms with Crippen molar-refractivity contribution < 1.29 is 14.3 Å². The number of nitrogens with zero attached hydrogens (tertiary/aromatic N) is 3. The Bertz CT molecular complexity index is 435. The third kappa shape index (κ3) is 9.94. The molecule has 0 aromatic rings. The summed E-state index contributed by atoms with van der Waals surface area (Å²) < 4.78 is 10.6. The number of hydrogen-bond donors (Lipinski definition) is 2. The van der Waals surface area contributed by atoms with Crippen molar-refractivity contribution in [2.75, 3.05) is 80.3 Å². The van der Waals surface area contributed by atoms with E-state index >= 15 is 0 Å². The van der Waals surface area contributed by atoms with Gasteiger partial charge in [0.15, 0.2) is 5.96 Å². The first kappa shape index (κ1) is 22.7. The van der Waals surface area contributed by atoms with E-state index in [1.54, 1.807) is 26.1 Å². The minimum Gasteiger partial charge on any atom is -0.385 e. The van der Waals surface area contributed by atoms with Crippen LogP contribution >= 0.6 is 0 Å². The quantitative estimate of drug-likeness (QED) is 0.416. The van der Waals surface area contributed by atoms with Gasteiger partial charge in [-0.1, -0.05) is 13.8 Å². The Kier molecular flexibility index (Phi) is 10.5. The summed E-state index contributed by atoms with van der Waals surface area (Å²) in [5, 5.41) is 6.71. The van der Waals surface area contributed by atoms with Gasteiger partial charge in [0.2, 0.25) is 5.91 Å². The van der Waals surface area contributed by atoms with Crippen LogP contribution in [0.3, 0.4) is 0 Å². The fraction of sp³-hybridized carbons (Fsp3) is 0.889. The molecule has 0 saturated carbocycles. The molecule has 0 bridgehead atoms. The van der Waals surface area contributed by atoms with Crippen LogP contribution in [0.25, 0.3) is 0 Å². The van der Waals surface area contributed by atoms with Gasteiger partial charge in [-0.2, -0.15) is 0 Å². The average Bonchev–Trinajstić information content (AvgIpc) is 2.62. The number of rotatable bonds is 10. The molecule has 0 spiro atoms. The summed E-state index contributed by atoms with van der Waals surface area (Å²) in [6.07, 6.45) is 0.953. The lowest BCUT2D eigenvalue weighted by Crippen LogP contribution is -2.46. The fourth-order valence-electron chi connectivity index (χ4n) is 2.41. The molecular weight excluding hydrogens is 334 g/mol. The number of nitrogens with one attached hydrogen (secondary N) is 2. The second kappa shape index (κ2) is 12.1. The molecule has 1 saturated heterocycles. The van der Waals surface area contributed by atoms with E-state index in [4.69, 9.17) is 9.47 Å². The normalized spacial score (nSPS) is 16.4. The second-order valence-electron chi connectivity index (χ2n) is 7.59. The zero-order valence-electron chi connectivity index (χ0n) is 17.1. The van der Waals surface area contributed by atoms with E-state index in [-0.39, 0.29) is 17.9 Å². The summed E-state index contributed by atoms with van der Waals surface area (Å²) in [5.41, 5.74) is 0.0776. The van der Waals surface area contributed by atoms with Crippen LogP contribution in [0.2, 0.25) is 0 Å². The summed E-state index contributed by atoms with van der Waals surface area (Å²) in [6, 6.07) is 0. The fourth-order valence-corrected chi connectivity index (χ4v) is 2.41. The molecule has 1 rings (SSSR count). The van der Waals surface area contributed by atoms with Crippen LogP contribution in [-0.4, -0.2) is 102 Å². The van der Waals surface area contributed by atoms with Gasteiger partial charge in [0.05, 0.1) is 13.2 Å². The Morgan fingerprint density at radius 2 is 1.96 bits per heavy atom. The first-order chi connectivity index (χ1) is 12.3. The van der Waals surface area contributed by atoms with Crippen LogP contribution in [0.1, 0.15) is 20.3 Å². The maximum atomic E-state index is 11.8. The van der Waals surface area contributed by atoms with E-state index in [9.17, 15) is 4.79 Å². The van der Waals surface area contributed by atoms with Crippen LogP contribution < -0.4 is 10.6 Å². The van der Waals surface area contributed by atoms with Crippen molar-refractivity contribution in [2.24, 2.45) is 10.4 Å². The smallest absolute Gasteiger partial charge is 0.243 e. The molecule has 26 heavy (non-hydrogen) atoms. The predicted molar refractivity (Wildman–Crippen MR) is 105 cm³/mol. The van der Waals surface area contributed by atoms with Crippen molar-refractivity contribution in [3.63, 3.8) is 0 Å². The highest BCUT2D eigenvalue weighted by Gasteiger charge is 2.18.